The summed E-state index contributed by atoms with van der Waals surface area (Å²) in [6.45, 7) is 0.695. The zero-order valence-electron chi connectivity index (χ0n) is 14.1. The number of nitro groups is 1. The molecule has 3 aromatic rings. The molecule has 0 aliphatic carbocycles. The van der Waals surface area contributed by atoms with Crippen LogP contribution in [-0.4, -0.2) is 29.1 Å². The molecule has 0 aliphatic heterocycles. The van der Waals surface area contributed by atoms with Gasteiger partial charge in [0, 0.05) is 30.7 Å². The minimum Gasteiger partial charge on any atom is -0.383 e. The Morgan fingerprint density at radius 1 is 1.37 bits per heavy atom. The molecule has 7 nitrogen and oxygen atoms in total. The number of aromatic nitrogens is 1. The Kier molecular flexibility index (Phi) is 5.89. The van der Waals surface area contributed by atoms with Gasteiger partial charge in [-0.3, -0.25) is 14.9 Å². The first-order chi connectivity index (χ1) is 13.0. The van der Waals surface area contributed by atoms with Gasteiger partial charge in [0.2, 0.25) is 0 Å². The van der Waals surface area contributed by atoms with E-state index in [0.29, 0.717) is 33.0 Å². The molecule has 3 rings (SSSR count). The van der Waals surface area contributed by atoms with Crippen LogP contribution in [0.4, 0.5) is 9.39 Å². The van der Waals surface area contributed by atoms with Crippen LogP contribution in [0.25, 0.3) is 16.3 Å². The lowest BCUT2D eigenvalue weighted by Crippen LogP contribution is -2.19. The fraction of sp³-hybridized carbons (Fsp3) is 0.176. The van der Waals surface area contributed by atoms with Crippen molar-refractivity contribution >= 4 is 49.9 Å². The van der Waals surface area contributed by atoms with Gasteiger partial charge in [0.1, 0.15) is 5.82 Å². The monoisotopic (exact) mass is 407 g/mol. The SMILES string of the molecule is COCCn1c(=NC(=O)C=Cc2ccc([N+](=O)[O-])s2)sc2cccc(F)c21. The molecule has 140 valence electrons. The van der Waals surface area contributed by atoms with Crippen molar-refractivity contribution in [2.45, 2.75) is 6.54 Å². The van der Waals surface area contributed by atoms with Crippen molar-refractivity contribution in [1.82, 2.24) is 4.57 Å². The van der Waals surface area contributed by atoms with Crippen LogP contribution in [0, 0.1) is 15.9 Å². The summed E-state index contributed by atoms with van der Waals surface area (Å²) in [6, 6.07) is 7.65. The van der Waals surface area contributed by atoms with Crippen LogP contribution in [0.1, 0.15) is 4.88 Å². The van der Waals surface area contributed by atoms with Crippen molar-refractivity contribution in [3.8, 4) is 0 Å². The Bertz CT molecular complexity index is 1100. The van der Waals surface area contributed by atoms with Crippen molar-refractivity contribution in [3.63, 3.8) is 0 Å². The zero-order valence-corrected chi connectivity index (χ0v) is 15.8. The summed E-state index contributed by atoms with van der Waals surface area (Å²) >= 11 is 2.17. The third-order valence-corrected chi connectivity index (χ3v) is 5.61. The maximum absolute atomic E-state index is 14.2. The van der Waals surface area contributed by atoms with E-state index in [0.717, 1.165) is 11.3 Å². The molecule has 0 unspecified atom stereocenters. The summed E-state index contributed by atoms with van der Waals surface area (Å²) in [6.07, 6.45) is 2.70. The average Bonchev–Trinajstić information content (AvgIpc) is 3.23. The van der Waals surface area contributed by atoms with Gasteiger partial charge in [-0.15, -0.1) is 0 Å². The number of fused-ring (bicyclic) bond motifs is 1. The highest BCUT2D eigenvalue weighted by Gasteiger charge is 2.11. The van der Waals surface area contributed by atoms with E-state index in [2.05, 4.69) is 4.99 Å². The zero-order chi connectivity index (χ0) is 19.4. The van der Waals surface area contributed by atoms with Crippen LogP contribution in [0.15, 0.2) is 41.4 Å². The number of halogens is 1. The number of hydrogen-bond acceptors (Lipinski definition) is 6. The van der Waals surface area contributed by atoms with Gasteiger partial charge in [0.05, 0.1) is 21.7 Å². The second-order valence-electron chi connectivity index (χ2n) is 5.33. The third-order valence-electron chi connectivity index (χ3n) is 3.56. The Morgan fingerprint density at radius 2 is 2.19 bits per heavy atom. The normalized spacial score (nSPS) is 12.3. The maximum Gasteiger partial charge on any atom is 0.324 e. The summed E-state index contributed by atoms with van der Waals surface area (Å²) in [5.41, 5.74) is 0.379. The maximum atomic E-state index is 14.2. The lowest BCUT2D eigenvalue weighted by Gasteiger charge is -2.04. The molecule has 0 fully saturated rings. The summed E-state index contributed by atoms with van der Waals surface area (Å²) in [7, 11) is 1.54. The second-order valence-corrected chi connectivity index (χ2v) is 7.44. The van der Waals surface area contributed by atoms with Crippen LogP contribution in [-0.2, 0) is 16.1 Å². The van der Waals surface area contributed by atoms with Gasteiger partial charge in [-0.1, -0.05) is 28.7 Å². The number of hydrogen-bond donors (Lipinski definition) is 0. The van der Waals surface area contributed by atoms with E-state index in [1.807, 2.05) is 0 Å². The van der Waals surface area contributed by atoms with E-state index < -0.39 is 16.6 Å². The number of amides is 1. The van der Waals surface area contributed by atoms with Gasteiger partial charge in [-0.25, -0.2) is 4.39 Å². The summed E-state index contributed by atoms with van der Waals surface area (Å²) in [4.78, 5) is 27.4. The fourth-order valence-corrected chi connectivity index (χ4v) is 4.18. The average molecular weight is 407 g/mol. The second kappa shape index (κ2) is 8.33. The molecular formula is C17H14FN3O4S2. The number of rotatable bonds is 6. The van der Waals surface area contributed by atoms with Crippen LogP contribution >= 0.6 is 22.7 Å². The minimum absolute atomic E-state index is 0.00331. The molecule has 0 saturated carbocycles. The quantitative estimate of drug-likeness (QED) is 0.355. The third kappa shape index (κ3) is 4.35. The van der Waals surface area contributed by atoms with Gasteiger partial charge < -0.3 is 9.30 Å². The molecule has 27 heavy (non-hydrogen) atoms. The van der Waals surface area contributed by atoms with E-state index in [-0.39, 0.29) is 5.00 Å². The molecule has 0 aliphatic rings. The highest BCUT2D eigenvalue weighted by Crippen LogP contribution is 2.25. The number of para-hydroxylation sites is 1. The Balaban J connectivity index is 1.93. The van der Waals surface area contributed by atoms with E-state index in [1.165, 1.54) is 42.7 Å². The molecule has 2 aromatic heterocycles. The van der Waals surface area contributed by atoms with Crippen molar-refractivity contribution in [2.75, 3.05) is 13.7 Å². The van der Waals surface area contributed by atoms with Gasteiger partial charge in [-0.05, 0) is 24.3 Å². The summed E-state index contributed by atoms with van der Waals surface area (Å²) in [5.74, 6) is -0.931. The molecule has 0 spiro atoms. The van der Waals surface area contributed by atoms with Gasteiger partial charge in [0.25, 0.3) is 5.91 Å². The highest BCUT2D eigenvalue weighted by atomic mass is 32.1. The van der Waals surface area contributed by atoms with Crippen LogP contribution in [0.2, 0.25) is 0 Å². The summed E-state index contributed by atoms with van der Waals surface area (Å²) in [5, 5.41) is 10.7. The number of ether oxygens (including phenoxy) is 1. The van der Waals surface area contributed by atoms with Crippen molar-refractivity contribution in [2.24, 2.45) is 4.99 Å². The van der Waals surface area contributed by atoms with Crippen LogP contribution in [0.5, 0.6) is 0 Å². The fourth-order valence-electron chi connectivity index (χ4n) is 2.38. The predicted octanol–water partition coefficient (Wildman–Crippen LogP) is 3.60. The smallest absolute Gasteiger partial charge is 0.324 e. The number of methoxy groups -OCH3 is 1. The Hall–Kier alpha value is -2.69. The number of benzene rings is 1. The molecule has 0 atom stereocenters. The van der Waals surface area contributed by atoms with Crippen molar-refractivity contribution in [3.05, 3.63) is 62.0 Å². The topological polar surface area (TPSA) is 86.7 Å². The first kappa shape index (κ1) is 19.1. The van der Waals surface area contributed by atoms with Crippen LogP contribution < -0.4 is 4.80 Å². The molecule has 0 saturated heterocycles. The number of carbonyl (C=O) groups is 1. The lowest BCUT2D eigenvalue weighted by molar-refractivity contribution is -0.380. The summed E-state index contributed by atoms with van der Waals surface area (Å²) < 4.78 is 21.6. The van der Waals surface area contributed by atoms with E-state index >= 15 is 0 Å². The molecule has 0 bridgehead atoms. The minimum atomic E-state index is -0.538. The Morgan fingerprint density at radius 3 is 2.89 bits per heavy atom. The Labute approximate surface area is 160 Å². The van der Waals surface area contributed by atoms with E-state index in [1.54, 1.807) is 22.8 Å². The molecule has 1 aromatic carbocycles. The van der Waals surface area contributed by atoms with Gasteiger partial charge >= 0.3 is 5.00 Å². The van der Waals surface area contributed by atoms with Gasteiger partial charge in [-0.2, -0.15) is 4.99 Å². The first-order valence-corrected chi connectivity index (χ1v) is 9.40. The standard InChI is InChI=1S/C17H14FN3O4S2/c1-25-10-9-20-16-12(18)3-2-4-13(16)27-17(20)19-14(22)7-5-11-6-8-15(26-11)21(23)24/h2-8H,9-10H2,1H3. The van der Waals surface area contributed by atoms with Crippen LogP contribution in [0.3, 0.4) is 0 Å². The lowest BCUT2D eigenvalue weighted by atomic mass is 10.3. The molecular weight excluding hydrogens is 393 g/mol. The molecule has 0 radical (unpaired) electrons. The molecule has 1 amide bonds. The highest BCUT2D eigenvalue weighted by molar-refractivity contribution is 7.16. The molecule has 2 heterocycles. The van der Waals surface area contributed by atoms with Gasteiger partial charge in [0.15, 0.2) is 4.80 Å². The number of thiazole rings is 1. The van der Waals surface area contributed by atoms with E-state index in [9.17, 15) is 19.3 Å². The predicted molar refractivity (Wildman–Crippen MR) is 102 cm³/mol. The number of carbonyl (C=O) groups excluding carboxylic acids is 1. The first-order valence-electron chi connectivity index (χ1n) is 7.77. The number of thiophene rings is 1. The molecule has 10 heteroatoms. The largest absolute Gasteiger partial charge is 0.383 e. The van der Waals surface area contributed by atoms with Crippen molar-refractivity contribution < 1.29 is 18.8 Å². The molecule has 0 N–H and O–H groups in total. The van der Waals surface area contributed by atoms with Crippen molar-refractivity contribution in [1.29, 1.82) is 0 Å². The van der Waals surface area contributed by atoms with E-state index in [4.69, 9.17) is 4.74 Å². The number of nitrogens with zero attached hydrogens (tertiary/aromatic N) is 3.